The molecule has 6 heteroatoms. The number of H-pyrrole nitrogens is 1. The fourth-order valence-corrected chi connectivity index (χ4v) is 3.56. The minimum absolute atomic E-state index is 0.0304. The number of carbonyl (C=O) groups excluding carboxylic acids is 1. The summed E-state index contributed by atoms with van der Waals surface area (Å²) >= 11 is 0. The molecule has 6 nitrogen and oxygen atoms in total. The van der Waals surface area contributed by atoms with Gasteiger partial charge in [0.1, 0.15) is 6.54 Å². The second-order valence-electron chi connectivity index (χ2n) is 7.91. The number of rotatable bonds is 8. The molecule has 0 fully saturated rings. The Bertz CT molecular complexity index is 1020. The molecule has 0 saturated heterocycles. The molecule has 0 radical (unpaired) electrons. The lowest BCUT2D eigenvalue weighted by Gasteiger charge is -2.19. The normalized spacial score (nSPS) is 12.6. The number of guanidine groups is 1. The third-order valence-corrected chi connectivity index (χ3v) is 5.48. The molecular formula is C25H33N5O. The molecule has 31 heavy (non-hydrogen) atoms. The molecular weight excluding hydrogens is 386 g/mol. The molecule has 0 bridgehead atoms. The van der Waals surface area contributed by atoms with Crippen LogP contribution < -0.4 is 10.6 Å². The number of aromatic amines is 1. The van der Waals surface area contributed by atoms with Gasteiger partial charge in [-0.15, -0.1) is 0 Å². The number of amides is 1. The van der Waals surface area contributed by atoms with Gasteiger partial charge < -0.3 is 20.5 Å². The van der Waals surface area contributed by atoms with E-state index in [1.165, 1.54) is 27.6 Å². The van der Waals surface area contributed by atoms with Crippen molar-refractivity contribution in [2.24, 2.45) is 4.99 Å². The number of fused-ring (bicyclic) bond motifs is 1. The summed E-state index contributed by atoms with van der Waals surface area (Å²) in [4.78, 5) is 21.5. The minimum atomic E-state index is -0.0304. The fourth-order valence-electron chi connectivity index (χ4n) is 3.56. The van der Waals surface area contributed by atoms with Crippen LogP contribution in [0.1, 0.15) is 36.6 Å². The minimum Gasteiger partial charge on any atom is -0.361 e. The lowest BCUT2D eigenvalue weighted by molar-refractivity contribution is -0.127. The van der Waals surface area contributed by atoms with E-state index in [1.807, 2.05) is 18.2 Å². The summed E-state index contributed by atoms with van der Waals surface area (Å²) in [6.07, 6.45) is 3.96. The number of para-hydroxylation sites is 1. The third kappa shape index (κ3) is 5.87. The first-order valence-corrected chi connectivity index (χ1v) is 10.9. The van der Waals surface area contributed by atoms with Crippen molar-refractivity contribution in [3.63, 3.8) is 0 Å². The van der Waals surface area contributed by atoms with Gasteiger partial charge in [0, 0.05) is 37.7 Å². The van der Waals surface area contributed by atoms with Crippen LogP contribution >= 0.6 is 0 Å². The lowest BCUT2D eigenvalue weighted by Crippen LogP contribution is -2.40. The molecule has 1 unspecified atom stereocenters. The zero-order valence-corrected chi connectivity index (χ0v) is 18.9. The second kappa shape index (κ2) is 10.7. The monoisotopic (exact) mass is 419 g/mol. The summed E-state index contributed by atoms with van der Waals surface area (Å²) in [5.41, 5.74) is 5.00. The molecule has 164 valence electrons. The van der Waals surface area contributed by atoms with Gasteiger partial charge in [-0.1, -0.05) is 55.5 Å². The van der Waals surface area contributed by atoms with Crippen LogP contribution in [0, 0.1) is 0 Å². The topological polar surface area (TPSA) is 72.5 Å². The number of nitrogens with zero attached hydrogens (tertiary/aromatic N) is 2. The predicted molar refractivity (Wildman–Crippen MR) is 128 cm³/mol. The van der Waals surface area contributed by atoms with Gasteiger partial charge in [0.15, 0.2) is 5.96 Å². The standard InChI is InChI=1S/C25H33N5O/c1-5-19-12-9-13-22-21(16-27-24(19)22)14-15-26-25(28-17-23(31)30(3)4)29-18(2)20-10-7-6-8-11-20/h6-13,16,18,27H,5,14-15,17H2,1-4H3,(H2,26,28,29). The lowest BCUT2D eigenvalue weighted by atomic mass is 10.1. The Morgan fingerprint density at radius 1 is 1.10 bits per heavy atom. The maximum atomic E-state index is 12.0. The number of hydrogen-bond acceptors (Lipinski definition) is 2. The van der Waals surface area contributed by atoms with Crippen molar-refractivity contribution in [2.75, 3.05) is 27.2 Å². The number of benzene rings is 2. The highest BCUT2D eigenvalue weighted by atomic mass is 16.2. The van der Waals surface area contributed by atoms with Crippen molar-refractivity contribution < 1.29 is 4.79 Å². The summed E-state index contributed by atoms with van der Waals surface area (Å²) < 4.78 is 0. The van der Waals surface area contributed by atoms with Crippen LogP contribution in [0.3, 0.4) is 0 Å². The first-order chi connectivity index (χ1) is 15.0. The number of aromatic nitrogens is 1. The summed E-state index contributed by atoms with van der Waals surface area (Å²) in [5, 5.41) is 8.10. The van der Waals surface area contributed by atoms with Crippen LogP contribution in [0.2, 0.25) is 0 Å². The van der Waals surface area contributed by atoms with Crippen LogP contribution in [-0.4, -0.2) is 48.9 Å². The maximum Gasteiger partial charge on any atom is 0.243 e. The Balaban J connectivity index is 1.68. The summed E-state index contributed by atoms with van der Waals surface area (Å²) in [6.45, 7) is 5.09. The Hall–Kier alpha value is -3.28. The smallest absolute Gasteiger partial charge is 0.243 e. The molecule has 0 aliphatic heterocycles. The number of hydrogen-bond donors (Lipinski definition) is 3. The molecule has 3 aromatic rings. The van der Waals surface area contributed by atoms with Crippen LogP contribution in [0.5, 0.6) is 0 Å². The Morgan fingerprint density at radius 3 is 2.58 bits per heavy atom. The number of aryl methyl sites for hydroxylation is 1. The molecule has 0 saturated carbocycles. The highest BCUT2D eigenvalue weighted by Gasteiger charge is 2.11. The number of nitrogens with one attached hydrogen (secondary N) is 3. The van der Waals surface area contributed by atoms with E-state index in [2.05, 4.69) is 71.0 Å². The number of carbonyl (C=O) groups is 1. The van der Waals surface area contributed by atoms with Crippen molar-refractivity contribution in [2.45, 2.75) is 32.7 Å². The molecule has 1 aromatic heterocycles. The molecule has 1 heterocycles. The van der Waals surface area contributed by atoms with E-state index in [0.717, 1.165) is 12.8 Å². The zero-order chi connectivity index (χ0) is 22.2. The van der Waals surface area contributed by atoms with Gasteiger partial charge >= 0.3 is 0 Å². The molecule has 1 amide bonds. The molecule has 2 aromatic carbocycles. The Morgan fingerprint density at radius 2 is 1.87 bits per heavy atom. The highest BCUT2D eigenvalue weighted by Crippen LogP contribution is 2.22. The van der Waals surface area contributed by atoms with E-state index < -0.39 is 0 Å². The van der Waals surface area contributed by atoms with E-state index in [-0.39, 0.29) is 18.5 Å². The fraction of sp³-hybridized carbons (Fsp3) is 0.360. The third-order valence-electron chi connectivity index (χ3n) is 5.48. The molecule has 0 aliphatic rings. The van der Waals surface area contributed by atoms with Crippen LogP contribution in [-0.2, 0) is 17.6 Å². The molecule has 0 spiro atoms. The van der Waals surface area contributed by atoms with Crippen LogP contribution in [0.25, 0.3) is 10.9 Å². The molecule has 3 N–H and O–H groups in total. The van der Waals surface area contributed by atoms with Gasteiger partial charge in [-0.3, -0.25) is 4.79 Å². The van der Waals surface area contributed by atoms with Gasteiger partial charge in [0.2, 0.25) is 5.91 Å². The summed E-state index contributed by atoms with van der Waals surface area (Å²) in [5.74, 6) is 0.609. The van der Waals surface area contributed by atoms with Crippen molar-refractivity contribution in [3.05, 3.63) is 71.4 Å². The molecule has 1 atom stereocenters. The number of aliphatic imine (C=N–C) groups is 1. The Labute approximate surface area is 184 Å². The van der Waals surface area contributed by atoms with Crippen LogP contribution in [0.4, 0.5) is 0 Å². The van der Waals surface area contributed by atoms with Crippen molar-refractivity contribution in [3.8, 4) is 0 Å². The predicted octanol–water partition coefficient (Wildman–Crippen LogP) is 3.66. The van der Waals surface area contributed by atoms with Crippen molar-refractivity contribution >= 4 is 22.8 Å². The maximum absolute atomic E-state index is 12.0. The summed E-state index contributed by atoms with van der Waals surface area (Å²) in [7, 11) is 3.49. The molecule has 0 aliphatic carbocycles. The Kier molecular flexibility index (Phi) is 7.70. The first kappa shape index (κ1) is 22.4. The largest absolute Gasteiger partial charge is 0.361 e. The average Bonchev–Trinajstić information content (AvgIpc) is 3.20. The zero-order valence-electron chi connectivity index (χ0n) is 18.9. The summed E-state index contributed by atoms with van der Waals surface area (Å²) in [6, 6.07) is 16.7. The van der Waals surface area contributed by atoms with Gasteiger partial charge in [-0.25, -0.2) is 4.99 Å². The van der Waals surface area contributed by atoms with Crippen LogP contribution in [0.15, 0.2) is 59.7 Å². The average molecular weight is 420 g/mol. The van der Waals surface area contributed by atoms with E-state index in [9.17, 15) is 4.79 Å². The van der Waals surface area contributed by atoms with Crippen molar-refractivity contribution in [1.29, 1.82) is 0 Å². The SMILES string of the molecule is CCc1cccc2c(CCNC(=NCC(=O)N(C)C)NC(C)c3ccccc3)c[nH]c12. The van der Waals surface area contributed by atoms with E-state index in [0.29, 0.717) is 12.5 Å². The second-order valence-corrected chi connectivity index (χ2v) is 7.91. The van der Waals surface area contributed by atoms with Gasteiger partial charge in [-0.2, -0.15) is 0 Å². The van der Waals surface area contributed by atoms with Crippen molar-refractivity contribution in [1.82, 2.24) is 20.5 Å². The number of likely N-dealkylation sites (N-methyl/N-ethyl adjacent to an activating group) is 1. The highest BCUT2D eigenvalue weighted by molar-refractivity contribution is 5.87. The van der Waals surface area contributed by atoms with E-state index in [4.69, 9.17) is 0 Å². The molecule has 3 rings (SSSR count). The first-order valence-electron chi connectivity index (χ1n) is 10.9. The van der Waals surface area contributed by atoms with Gasteiger partial charge in [-0.05, 0) is 36.5 Å². The quantitative estimate of drug-likeness (QED) is 0.385. The van der Waals surface area contributed by atoms with E-state index >= 15 is 0 Å². The van der Waals surface area contributed by atoms with Gasteiger partial charge in [0.05, 0.1) is 6.04 Å². The van der Waals surface area contributed by atoms with E-state index in [1.54, 1.807) is 19.0 Å². The van der Waals surface area contributed by atoms with Gasteiger partial charge in [0.25, 0.3) is 0 Å².